The summed E-state index contributed by atoms with van der Waals surface area (Å²) in [6, 6.07) is 1.83. The molecule has 1 saturated heterocycles. The quantitative estimate of drug-likeness (QED) is 0.363. The maximum Gasteiger partial charge on any atom is 0.225 e. The molecule has 4 nitrogen and oxygen atoms in total. The molecular weight excluding hydrogens is 487 g/mol. The molecule has 118 valence electrons. The topological polar surface area (TPSA) is 49.2 Å². The monoisotopic (exact) mass is 499 g/mol. The van der Waals surface area contributed by atoms with E-state index in [9.17, 15) is 9.50 Å². The molecule has 1 aromatic carbocycles. The van der Waals surface area contributed by atoms with Crippen molar-refractivity contribution in [2.75, 3.05) is 18.0 Å². The first-order valence-electron chi connectivity index (χ1n) is 6.76. The van der Waals surface area contributed by atoms with Crippen molar-refractivity contribution in [1.29, 1.82) is 0 Å². The van der Waals surface area contributed by atoms with Gasteiger partial charge < -0.3 is 10.0 Å². The first-order chi connectivity index (χ1) is 10.3. The fourth-order valence-electron chi connectivity index (χ4n) is 2.77. The van der Waals surface area contributed by atoms with Gasteiger partial charge in [0.25, 0.3) is 0 Å². The van der Waals surface area contributed by atoms with E-state index in [0.717, 1.165) is 23.0 Å². The van der Waals surface area contributed by atoms with Crippen molar-refractivity contribution in [3.63, 3.8) is 0 Å². The molecule has 1 fully saturated rings. The highest BCUT2D eigenvalue weighted by Gasteiger charge is 2.30. The van der Waals surface area contributed by atoms with Gasteiger partial charge in [-0.2, -0.15) is 4.98 Å². The normalized spacial score (nSPS) is 22.4. The smallest absolute Gasteiger partial charge is 0.225 e. The first kappa shape index (κ1) is 16.6. The summed E-state index contributed by atoms with van der Waals surface area (Å²) in [5.41, 5.74) is -0.601. The molecule has 1 unspecified atom stereocenters. The van der Waals surface area contributed by atoms with Crippen LogP contribution in [0.25, 0.3) is 10.9 Å². The minimum atomic E-state index is -0.789. The lowest BCUT2D eigenvalue weighted by molar-refractivity contribution is 0.0448. The second kappa shape index (κ2) is 5.99. The van der Waals surface area contributed by atoms with Crippen molar-refractivity contribution in [3.8, 4) is 0 Å². The van der Waals surface area contributed by atoms with Crippen molar-refractivity contribution in [2.45, 2.75) is 25.4 Å². The van der Waals surface area contributed by atoms with E-state index < -0.39 is 11.4 Å². The van der Waals surface area contributed by atoms with E-state index in [1.807, 2.05) is 11.0 Å². The van der Waals surface area contributed by atoms with Crippen LogP contribution in [0.1, 0.15) is 19.8 Å². The number of hydrogen-bond donors (Lipinski definition) is 1. The molecule has 0 amide bonds. The summed E-state index contributed by atoms with van der Waals surface area (Å²) in [4.78, 5) is 10.3. The van der Waals surface area contributed by atoms with E-state index in [2.05, 4.69) is 48.5 Å². The van der Waals surface area contributed by atoms with Crippen molar-refractivity contribution in [1.82, 2.24) is 9.97 Å². The van der Waals surface area contributed by atoms with Crippen LogP contribution in [0, 0.1) is 9.39 Å². The number of benzene rings is 1. The summed E-state index contributed by atoms with van der Waals surface area (Å²) in [5, 5.41) is 10.9. The van der Waals surface area contributed by atoms with Gasteiger partial charge in [-0.05, 0) is 76.0 Å². The highest BCUT2D eigenvalue weighted by atomic mass is 127. The number of β-amino-alcohol motifs (C(OH)–C–C–N with tert-alkyl or cyclic N) is 1. The summed E-state index contributed by atoms with van der Waals surface area (Å²) in [5.74, 6) is 0.121. The predicted molar refractivity (Wildman–Crippen MR) is 97.0 cm³/mol. The van der Waals surface area contributed by atoms with Gasteiger partial charge in [-0.15, -0.1) is 0 Å². The van der Waals surface area contributed by atoms with E-state index in [1.54, 1.807) is 6.92 Å². The molecule has 22 heavy (non-hydrogen) atoms. The minimum absolute atomic E-state index is 0.000255. The van der Waals surface area contributed by atoms with Crippen LogP contribution in [-0.2, 0) is 0 Å². The molecule has 1 aliphatic rings. The molecule has 1 aliphatic heterocycles. The molecule has 1 N–H and O–H groups in total. The Morgan fingerprint density at radius 1 is 1.50 bits per heavy atom. The Morgan fingerprint density at radius 3 is 2.91 bits per heavy atom. The second-order valence-corrected chi connectivity index (χ2v) is 8.01. The largest absolute Gasteiger partial charge is 0.388 e. The highest BCUT2D eigenvalue weighted by Crippen LogP contribution is 2.35. The lowest BCUT2D eigenvalue weighted by Crippen LogP contribution is -2.46. The average molecular weight is 501 g/mol. The van der Waals surface area contributed by atoms with Crippen LogP contribution in [0.3, 0.4) is 0 Å². The lowest BCUT2D eigenvalue weighted by Gasteiger charge is -2.37. The Morgan fingerprint density at radius 2 is 2.23 bits per heavy atom. The zero-order valence-corrected chi connectivity index (χ0v) is 16.2. The second-order valence-electron chi connectivity index (χ2n) is 5.72. The fourth-order valence-corrected chi connectivity index (χ4v) is 3.79. The Kier molecular flexibility index (Phi) is 4.52. The summed E-state index contributed by atoms with van der Waals surface area (Å²) in [6.45, 7) is 2.97. The van der Waals surface area contributed by atoms with Gasteiger partial charge in [-0.1, -0.05) is 0 Å². The van der Waals surface area contributed by atoms with Crippen molar-refractivity contribution in [3.05, 3.63) is 25.2 Å². The molecule has 1 atom stereocenters. The molecule has 3 rings (SSSR count). The van der Waals surface area contributed by atoms with Gasteiger partial charge in [-0.3, -0.25) is 0 Å². The number of anilines is 1. The molecule has 0 radical (unpaired) electrons. The van der Waals surface area contributed by atoms with Crippen LogP contribution >= 0.6 is 50.1 Å². The zero-order valence-electron chi connectivity index (χ0n) is 11.7. The lowest BCUT2D eigenvalue weighted by atomic mass is 9.95. The van der Waals surface area contributed by atoms with E-state index >= 15 is 0 Å². The fraction of sp³-hybridized carbons (Fsp3) is 0.429. The maximum absolute atomic E-state index is 14.5. The van der Waals surface area contributed by atoms with Gasteiger partial charge in [0.1, 0.15) is 11.3 Å². The molecule has 8 heteroatoms. The van der Waals surface area contributed by atoms with Crippen LogP contribution in [-0.4, -0.2) is 33.8 Å². The van der Waals surface area contributed by atoms with Crippen LogP contribution in [0.2, 0.25) is 5.28 Å². The van der Waals surface area contributed by atoms with Gasteiger partial charge >= 0.3 is 0 Å². The summed E-state index contributed by atoms with van der Waals surface area (Å²) >= 11 is 11.3. The average Bonchev–Trinajstić information content (AvgIpc) is 2.44. The van der Waals surface area contributed by atoms with Crippen LogP contribution in [0.15, 0.2) is 10.5 Å². The Balaban J connectivity index is 2.21. The third-order valence-corrected chi connectivity index (χ3v) is 6.29. The van der Waals surface area contributed by atoms with E-state index in [4.69, 9.17) is 11.6 Å². The third kappa shape index (κ3) is 3.05. The van der Waals surface area contributed by atoms with Gasteiger partial charge in [0.15, 0.2) is 5.82 Å². The number of nitrogens with zero attached hydrogens (tertiary/aromatic N) is 3. The number of fused-ring (bicyclic) bond motifs is 1. The predicted octanol–water partition coefficient (Wildman–Crippen LogP) is 4.14. The molecule has 2 heterocycles. The SMILES string of the molecule is CC1(O)CCCN(c2nc(Cl)nc3c(F)c(Br)c(I)cc23)C1. The standard InChI is InChI=1S/C14H13BrClFIN3O/c1-14(22)3-2-4-21(6-14)12-7-5-8(18)9(15)10(17)11(7)19-13(16)20-12/h5,22H,2-4,6H2,1H3. The molecule has 1 aromatic heterocycles. The number of aromatic nitrogens is 2. The Bertz CT molecular complexity index is 759. The molecule has 0 bridgehead atoms. The summed E-state index contributed by atoms with van der Waals surface area (Å²) in [7, 11) is 0. The zero-order chi connectivity index (χ0) is 16.1. The molecule has 0 aliphatic carbocycles. The number of piperidine rings is 1. The maximum atomic E-state index is 14.5. The summed E-state index contributed by atoms with van der Waals surface area (Å²) < 4.78 is 15.6. The molecule has 0 saturated carbocycles. The molecule has 2 aromatic rings. The van der Waals surface area contributed by atoms with Crippen LogP contribution in [0.4, 0.5) is 10.2 Å². The third-order valence-electron chi connectivity index (χ3n) is 3.75. The van der Waals surface area contributed by atoms with Gasteiger partial charge in [0, 0.05) is 22.0 Å². The van der Waals surface area contributed by atoms with E-state index in [0.29, 0.717) is 22.2 Å². The Hall–Kier alpha value is -0.250. The number of hydrogen-bond acceptors (Lipinski definition) is 4. The van der Waals surface area contributed by atoms with E-state index in [-0.39, 0.29) is 10.8 Å². The van der Waals surface area contributed by atoms with Crippen molar-refractivity contribution in [2.24, 2.45) is 0 Å². The van der Waals surface area contributed by atoms with Gasteiger partial charge in [0.05, 0.1) is 10.1 Å². The number of aliphatic hydroxyl groups is 1. The van der Waals surface area contributed by atoms with Gasteiger partial charge in [0.2, 0.25) is 5.28 Å². The highest BCUT2D eigenvalue weighted by molar-refractivity contribution is 14.1. The minimum Gasteiger partial charge on any atom is -0.388 e. The van der Waals surface area contributed by atoms with Gasteiger partial charge in [-0.25, -0.2) is 9.37 Å². The number of halogens is 4. The van der Waals surface area contributed by atoms with E-state index in [1.165, 1.54) is 0 Å². The van der Waals surface area contributed by atoms with Crippen LogP contribution < -0.4 is 4.90 Å². The number of rotatable bonds is 1. The first-order valence-corrected chi connectivity index (χ1v) is 9.01. The Labute approximate surface area is 154 Å². The van der Waals surface area contributed by atoms with Crippen molar-refractivity contribution >= 4 is 66.8 Å². The van der Waals surface area contributed by atoms with Crippen LogP contribution in [0.5, 0.6) is 0 Å². The molecular formula is C14H13BrClFIN3O. The molecule has 0 spiro atoms. The van der Waals surface area contributed by atoms with Crippen molar-refractivity contribution < 1.29 is 9.50 Å². The summed E-state index contributed by atoms with van der Waals surface area (Å²) in [6.07, 6.45) is 1.57.